The predicted octanol–water partition coefficient (Wildman–Crippen LogP) is 3.46. The molecule has 0 spiro atoms. The summed E-state index contributed by atoms with van der Waals surface area (Å²) in [6, 6.07) is 12.5. The molecule has 1 unspecified atom stereocenters. The smallest absolute Gasteiger partial charge is 0.430 e. The lowest BCUT2D eigenvalue weighted by Gasteiger charge is -2.40. The third-order valence-corrected chi connectivity index (χ3v) is 5.69. The van der Waals surface area contributed by atoms with E-state index >= 15 is 0 Å². The number of likely N-dealkylation sites (tertiary alicyclic amines) is 1. The zero-order valence-electron chi connectivity index (χ0n) is 17.6. The molecule has 0 saturated carbocycles. The Kier molecular flexibility index (Phi) is 7.94. The highest BCUT2D eigenvalue weighted by molar-refractivity contribution is 6.31. The molecule has 1 amide bonds. The van der Waals surface area contributed by atoms with Crippen LogP contribution in [0.1, 0.15) is 31.4 Å². The van der Waals surface area contributed by atoms with Gasteiger partial charge in [0.1, 0.15) is 5.97 Å². The largest absolute Gasteiger partial charge is 0.542 e. The Morgan fingerprint density at radius 2 is 1.61 bits per heavy atom. The standard InChI is InChI=1S/C20H25ClN2O.C2HF3O2/c1-14(24)22-20(15-8-10-23(2,3)11-9-15)18-5-4-17-13-19(21)7-6-16(17)12-18;3-2(4,5)1(6)7/h4-7,12-13,15,20H,8-11H2,1-3H3;(H,6,7). The molecule has 1 atom stereocenters. The monoisotopic (exact) mass is 458 g/mol. The highest BCUT2D eigenvalue weighted by atomic mass is 35.5. The van der Waals surface area contributed by atoms with Gasteiger partial charge in [-0.25, -0.2) is 0 Å². The van der Waals surface area contributed by atoms with Crippen molar-refractivity contribution in [3.8, 4) is 0 Å². The summed E-state index contributed by atoms with van der Waals surface area (Å²) in [6.07, 6.45) is -2.92. The fraction of sp³-hybridized carbons (Fsp3) is 0.455. The van der Waals surface area contributed by atoms with Gasteiger partial charge in [-0.3, -0.25) is 4.79 Å². The number of rotatable bonds is 3. The molecule has 1 saturated heterocycles. The van der Waals surface area contributed by atoms with Crippen molar-refractivity contribution in [3.05, 3.63) is 47.0 Å². The van der Waals surface area contributed by atoms with Crippen molar-refractivity contribution in [3.63, 3.8) is 0 Å². The number of piperidine rings is 1. The van der Waals surface area contributed by atoms with Crippen LogP contribution in [0.25, 0.3) is 10.8 Å². The number of carbonyl (C=O) groups is 2. The molecule has 0 aromatic heterocycles. The first-order chi connectivity index (χ1) is 14.3. The van der Waals surface area contributed by atoms with Gasteiger partial charge in [-0.05, 0) is 40.5 Å². The van der Waals surface area contributed by atoms with E-state index in [2.05, 4.69) is 37.6 Å². The first-order valence-electron chi connectivity index (χ1n) is 9.85. The number of halogens is 4. The van der Waals surface area contributed by atoms with Crippen molar-refractivity contribution < 1.29 is 32.3 Å². The Morgan fingerprint density at radius 1 is 1.10 bits per heavy atom. The van der Waals surface area contributed by atoms with Crippen LogP contribution in [0.15, 0.2) is 36.4 Å². The molecule has 9 heteroatoms. The highest BCUT2D eigenvalue weighted by Gasteiger charge is 2.32. The van der Waals surface area contributed by atoms with Gasteiger partial charge in [0.2, 0.25) is 5.91 Å². The van der Waals surface area contributed by atoms with Gasteiger partial charge >= 0.3 is 6.18 Å². The van der Waals surface area contributed by atoms with Crippen LogP contribution in [0.5, 0.6) is 0 Å². The molecule has 2 aromatic carbocycles. The van der Waals surface area contributed by atoms with E-state index in [0.29, 0.717) is 5.92 Å². The van der Waals surface area contributed by atoms with Crippen LogP contribution in [0.3, 0.4) is 0 Å². The lowest BCUT2D eigenvalue weighted by Crippen LogP contribution is -2.48. The lowest BCUT2D eigenvalue weighted by molar-refractivity contribution is -0.896. The molecule has 1 heterocycles. The second-order valence-electron chi connectivity index (χ2n) is 8.43. The maximum absolute atomic E-state index is 11.8. The summed E-state index contributed by atoms with van der Waals surface area (Å²) in [7, 11) is 4.56. The summed E-state index contributed by atoms with van der Waals surface area (Å²) < 4.78 is 32.6. The summed E-state index contributed by atoms with van der Waals surface area (Å²) in [5, 5.41) is 15.0. The zero-order valence-corrected chi connectivity index (χ0v) is 18.4. The van der Waals surface area contributed by atoms with Crippen molar-refractivity contribution in [2.45, 2.75) is 32.0 Å². The number of fused-ring (bicyclic) bond motifs is 1. The number of amides is 1. The molecule has 1 fully saturated rings. The number of aliphatic carboxylic acids is 1. The molecule has 31 heavy (non-hydrogen) atoms. The maximum Gasteiger partial charge on any atom is 0.430 e. The van der Waals surface area contributed by atoms with Gasteiger partial charge in [-0.15, -0.1) is 0 Å². The van der Waals surface area contributed by atoms with Crippen molar-refractivity contribution in [1.29, 1.82) is 0 Å². The number of benzene rings is 2. The molecule has 0 bridgehead atoms. The summed E-state index contributed by atoms with van der Waals surface area (Å²) in [4.78, 5) is 20.6. The van der Waals surface area contributed by atoms with Crippen LogP contribution in [0.4, 0.5) is 13.2 Å². The maximum atomic E-state index is 11.8. The van der Waals surface area contributed by atoms with Gasteiger partial charge in [-0.2, -0.15) is 13.2 Å². The Morgan fingerprint density at radius 3 is 2.13 bits per heavy atom. The van der Waals surface area contributed by atoms with Crippen LogP contribution in [-0.4, -0.2) is 49.7 Å². The molecule has 1 aliphatic heterocycles. The molecule has 1 aliphatic rings. The Hall–Kier alpha value is -2.32. The van der Waals surface area contributed by atoms with E-state index in [1.807, 2.05) is 18.2 Å². The third kappa shape index (κ3) is 7.40. The molecular formula is C22H26ClF3N2O3. The number of quaternary nitrogens is 1. The molecular weight excluding hydrogens is 433 g/mol. The highest BCUT2D eigenvalue weighted by Crippen LogP contribution is 2.34. The quantitative estimate of drug-likeness (QED) is 0.716. The summed E-state index contributed by atoms with van der Waals surface area (Å²) in [5.74, 6) is -2.48. The summed E-state index contributed by atoms with van der Waals surface area (Å²) in [5.41, 5.74) is 1.19. The number of hydrogen-bond donors (Lipinski definition) is 1. The van der Waals surface area contributed by atoms with Gasteiger partial charge in [0.05, 0.1) is 33.2 Å². The van der Waals surface area contributed by atoms with Crippen LogP contribution in [0, 0.1) is 5.92 Å². The first-order valence-corrected chi connectivity index (χ1v) is 10.2. The average Bonchev–Trinajstić information content (AvgIpc) is 2.65. The van der Waals surface area contributed by atoms with E-state index in [4.69, 9.17) is 21.5 Å². The van der Waals surface area contributed by atoms with E-state index in [1.54, 1.807) is 6.92 Å². The van der Waals surface area contributed by atoms with Gasteiger partial charge in [0.25, 0.3) is 0 Å². The Bertz CT molecular complexity index is 937. The van der Waals surface area contributed by atoms with E-state index in [-0.39, 0.29) is 11.9 Å². The fourth-order valence-electron chi connectivity index (χ4n) is 3.74. The summed E-state index contributed by atoms with van der Waals surface area (Å²) >= 11 is 6.08. The second kappa shape index (κ2) is 9.87. The van der Waals surface area contributed by atoms with Crippen molar-refractivity contribution >= 4 is 34.2 Å². The Balaban J connectivity index is 0.000000423. The average molecular weight is 459 g/mol. The molecule has 2 aromatic rings. The number of nitrogens with zero attached hydrogens (tertiary/aromatic N) is 1. The molecule has 3 rings (SSSR count). The van der Waals surface area contributed by atoms with Crippen molar-refractivity contribution in [2.24, 2.45) is 5.92 Å². The molecule has 0 radical (unpaired) electrons. The second-order valence-corrected chi connectivity index (χ2v) is 8.87. The fourth-order valence-corrected chi connectivity index (χ4v) is 3.92. The molecule has 0 aliphatic carbocycles. The topological polar surface area (TPSA) is 69.2 Å². The molecule has 1 N–H and O–H groups in total. The summed E-state index contributed by atoms with van der Waals surface area (Å²) in [6.45, 7) is 3.92. The van der Waals surface area contributed by atoms with Gasteiger partial charge < -0.3 is 19.7 Å². The number of carbonyl (C=O) groups excluding carboxylic acids is 2. The first kappa shape index (κ1) is 24.9. The lowest BCUT2D eigenvalue weighted by atomic mass is 9.84. The zero-order chi connectivity index (χ0) is 23.4. The molecule has 170 valence electrons. The normalized spacial score (nSPS) is 17.4. The SMILES string of the molecule is CC(=O)NC(c1ccc2cc(Cl)ccc2c1)C1CC[N+](C)(C)CC1.O=C([O-])C(F)(F)F. The minimum Gasteiger partial charge on any atom is -0.542 e. The van der Waals surface area contributed by atoms with Gasteiger partial charge in [0.15, 0.2) is 0 Å². The van der Waals surface area contributed by atoms with E-state index < -0.39 is 12.1 Å². The van der Waals surface area contributed by atoms with E-state index in [0.717, 1.165) is 40.8 Å². The van der Waals surface area contributed by atoms with E-state index in [9.17, 15) is 18.0 Å². The van der Waals surface area contributed by atoms with Crippen molar-refractivity contribution in [1.82, 2.24) is 5.32 Å². The van der Waals surface area contributed by atoms with Gasteiger partial charge in [-0.1, -0.05) is 29.8 Å². The number of carboxylic acid groups (broad SMARTS) is 1. The van der Waals surface area contributed by atoms with Crippen molar-refractivity contribution in [2.75, 3.05) is 27.2 Å². The van der Waals surface area contributed by atoms with Crippen LogP contribution >= 0.6 is 11.6 Å². The number of carboxylic acids is 1. The minimum absolute atomic E-state index is 0.0375. The van der Waals surface area contributed by atoms with Gasteiger partial charge in [0, 0.05) is 24.8 Å². The predicted molar refractivity (Wildman–Crippen MR) is 111 cm³/mol. The number of hydrogen-bond acceptors (Lipinski definition) is 3. The third-order valence-electron chi connectivity index (χ3n) is 5.46. The van der Waals surface area contributed by atoms with Crippen LogP contribution in [-0.2, 0) is 9.59 Å². The molecule has 5 nitrogen and oxygen atoms in total. The minimum atomic E-state index is -5.19. The van der Waals surface area contributed by atoms with Crippen LogP contribution < -0.4 is 10.4 Å². The Labute approximate surface area is 184 Å². The van der Waals surface area contributed by atoms with Crippen LogP contribution in [0.2, 0.25) is 5.02 Å². The number of nitrogens with one attached hydrogen (secondary N) is 1. The number of alkyl halides is 3. The van der Waals surface area contributed by atoms with E-state index in [1.165, 1.54) is 10.9 Å².